The minimum atomic E-state index is -0.200. The van der Waals surface area contributed by atoms with Gasteiger partial charge >= 0.3 is 0 Å². The average molecular weight is 225 g/mol. The second-order valence-electron chi connectivity index (χ2n) is 3.24. The van der Waals surface area contributed by atoms with Gasteiger partial charge in [0, 0.05) is 17.5 Å². The van der Waals surface area contributed by atoms with Gasteiger partial charge in [0.2, 0.25) is 0 Å². The lowest BCUT2D eigenvalue weighted by Crippen LogP contribution is -2.16. The highest BCUT2D eigenvalue weighted by molar-refractivity contribution is 6.29. The average Bonchev–Trinajstić information content (AvgIpc) is 2.43. The van der Waals surface area contributed by atoms with E-state index in [1.165, 1.54) is 10.7 Å². The first-order valence-corrected chi connectivity index (χ1v) is 4.74. The molecule has 0 spiro atoms. The molecule has 6 heteroatoms. The van der Waals surface area contributed by atoms with Gasteiger partial charge < -0.3 is 0 Å². The summed E-state index contributed by atoms with van der Waals surface area (Å²) in [6.45, 7) is 3.58. The summed E-state index contributed by atoms with van der Waals surface area (Å²) >= 11 is 5.78. The third-order valence-corrected chi connectivity index (χ3v) is 2.05. The van der Waals surface area contributed by atoms with Crippen molar-refractivity contribution in [2.45, 2.75) is 13.8 Å². The van der Waals surface area contributed by atoms with Crippen LogP contribution in [-0.2, 0) is 0 Å². The minimum absolute atomic E-state index is 0.200. The third-order valence-electron chi connectivity index (χ3n) is 1.86. The Bertz CT molecular complexity index is 537. The molecule has 2 rings (SSSR count). The zero-order valence-electron chi connectivity index (χ0n) is 8.28. The number of halogens is 1. The van der Waals surface area contributed by atoms with Gasteiger partial charge in [-0.15, -0.1) is 0 Å². The molecule has 0 aliphatic carbocycles. The topological polar surface area (TPSA) is 63.6 Å². The molecule has 0 radical (unpaired) electrons. The molecule has 2 aromatic rings. The lowest BCUT2D eigenvalue weighted by molar-refractivity contribution is 0.769. The molecule has 78 valence electrons. The van der Waals surface area contributed by atoms with Crippen LogP contribution in [-0.4, -0.2) is 19.7 Å². The molecule has 2 aromatic heterocycles. The molecular weight excluding hydrogens is 216 g/mol. The molecule has 15 heavy (non-hydrogen) atoms. The zero-order valence-corrected chi connectivity index (χ0v) is 9.04. The van der Waals surface area contributed by atoms with Crippen molar-refractivity contribution in [3.63, 3.8) is 0 Å². The highest BCUT2D eigenvalue weighted by Crippen LogP contribution is 2.07. The molecule has 0 atom stereocenters. The van der Waals surface area contributed by atoms with Gasteiger partial charge in [0.15, 0.2) is 0 Å². The highest BCUT2D eigenvalue weighted by atomic mass is 35.5. The highest BCUT2D eigenvalue weighted by Gasteiger charge is 2.06. The number of aromatic nitrogens is 4. The van der Waals surface area contributed by atoms with E-state index in [4.69, 9.17) is 11.6 Å². The summed E-state index contributed by atoms with van der Waals surface area (Å²) < 4.78 is 1.26. The Balaban J connectivity index is 2.63. The molecule has 2 heterocycles. The molecule has 0 unspecified atom stereocenters. The molecule has 0 amide bonds. The number of hydrogen-bond acceptors (Lipinski definition) is 3. The second kappa shape index (κ2) is 3.51. The van der Waals surface area contributed by atoms with Crippen molar-refractivity contribution in [1.29, 1.82) is 0 Å². The zero-order chi connectivity index (χ0) is 11.0. The van der Waals surface area contributed by atoms with E-state index in [0.29, 0.717) is 10.8 Å². The van der Waals surface area contributed by atoms with Crippen LogP contribution in [0.15, 0.2) is 16.9 Å². The second-order valence-corrected chi connectivity index (χ2v) is 3.63. The van der Waals surface area contributed by atoms with Gasteiger partial charge in [-0.2, -0.15) is 9.67 Å². The third kappa shape index (κ3) is 1.92. The van der Waals surface area contributed by atoms with Gasteiger partial charge in [-0.05, 0) is 19.9 Å². The van der Waals surface area contributed by atoms with Crippen LogP contribution in [0.2, 0.25) is 5.15 Å². The first-order chi connectivity index (χ1) is 7.06. The van der Waals surface area contributed by atoms with Crippen LogP contribution in [0.3, 0.4) is 0 Å². The Hall–Kier alpha value is -1.62. The van der Waals surface area contributed by atoms with Crippen LogP contribution < -0.4 is 5.56 Å². The van der Waals surface area contributed by atoms with Crippen molar-refractivity contribution in [2.24, 2.45) is 0 Å². The fourth-order valence-electron chi connectivity index (χ4n) is 1.28. The molecule has 0 aromatic carbocycles. The Morgan fingerprint density at radius 3 is 2.60 bits per heavy atom. The van der Waals surface area contributed by atoms with Crippen molar-refractivity contribution >= 4 is 11.6 Å². The van der Waals surface area contributed by atoms with Crippen LogP contribution >= 0.6 is 11.6 Å². The molecule has 0 aliphatic heterocycles. The molecule has 1 N–H and O–H groups in total. The Kier molecular flexibility index (Phi) is 2.32. The van der Waals surface area contributed by atoms with E-state index in [9.17, 15) is 4.79 Å². The van der Waals surface area contributed by atoms with Crippen LogP contribution in [0.5, 0.6) is 0 Å². The SMILES string of the molecule is Cc1cc(Cl)nc(-n2[nH]c(C)cc2=O)n1. The van der Waals surface area contributed by atoms with Crippen molar-refractivity contribution in [2.75, 3.05) is 0 Å². The summed E-state index contributed by atoms with van der Waals surface area (Å²) in [6.07, 6.45) is 0. The van der Waals surface area contributed by atoms with Gasteiger partial charge in [0.05, 0.1) is 0 Å². The fraction of sp³-hybridized carbons (Fsp3) is 0.222. The largest absolute Gasteiger partial charge is 0.293 e. The van der Waals surface area contributed by atoms with E-state index in [2.05, 4.69) is 15.1 Å². The molecular formula is C9H9ClN4O. The van der Waals surface area contributed by atoms with Gasteiger partial charge in [0.25, 0.3) is 11.5 Å². The Morgan fingerprint density at radius 1 is 1.33 bits per heavy atom. The van der Waals surface area contributed by atoms with E-state index in [1.807, 2.05) is 0 Å². The first kappa shape index (κ1) is 9.92. The summed E-state index contributed by atoms with van der Waals surface area (Å²) in [5.41, 5.74) is 1.26. The lowest BCUT2D eigenvalue weighted by atomic mass is 10.5. The molecule has 0 aliphatic rings. The standard InChI is InChI=1S/C9H9ClN4O/c1-5-3-7(10)12-9(11-5)14-8(15)4-6(2)13-14/h3-4,13H,1-2H3. The maximum atomic E-state index is 11.5. The monoisotopic (exact) mass is 224 g/mol. The Labute approximate surface area is 90.7 Å². The van der Waals surface area contributed by atoms with Gasteiger partial charge in [-0.3, -0.25) is 9.89 Å². The molecule has 0 fully saturated rings. The van der Waals surface area contributed by atoms with Crippen molar-refractivity contribution in [1.82, 2.24) is 19.7 Å². The molecule has 0 saturated heterocycles. The number of rotatable bonds is 1. The van der Waals surface area contributed by atoms with Gasteiger partial charge in [0.1, 0.15) is 5.15 Å². The number of nitrogens with zero attached hydrogens (tertiary/aromatic N) is 3. The maximum absolute atomic E-state index is 11.5. The first-order valence-electron chi connectivity index (χ1n) is 4.36. The van der Waals surface area contributed by atoms with E-state index < -0.39 is 0 Å². The Morgan fingerprint density at radius 2 is 2.07 bits per heavy atom. The number of aromatic amines is 1. The van der Waals surface area contributed by atoms with Gasteiger partial charge in [-0.25, -0.2) is 4.98 Å². The molecule has 0 saturated carbocycles. The molecule has 0 bridgehead atoms. The number of aryl methyl sites for hydroxylation is 2. The quantitative estimate of drug-likeness (QED) is 0.741. The van der Waals surface area contributed by atoms with Crippen molar-refractivity contribution in [3.8, 4) is 5.95 Å². The molecule has 5 nitrogen and oxygen atoms in total. The van der Waals surface area contributed by atoms with Crippen molar-refractivity contribution < 1.29 is 0 Å². The van der Waals surface area contributed by atoms with Crippen LogP contribution in [0, 0.1) is 13.8 Å². The number of hydrogen-bond donors (Lipinski definition) is 1. The maximum Gasteiger partial charge on any atom is 0.274 e. The summed E-state index contributed by atoms with van der Waals surface area (Å²) in [7, 11) is 0. The summed E-state index contributed by atoms with van der Waals surface area (Å²) in [5, 5.41) is 3.15. The fourth-order valence-corrected chi connectivity index (χ4v) is 1.51. The summed E-state index contributed by atoms with van der Waals surface area (Å²) in [5.74, 6) is 0.262. The normalized spacial score (nSPS) is 10.6. The summed E-state index contributed by atoms with van der Waals surface area (Å²) in [4.78, 5) is 19.6. The van der Waals surface area contributed by atoms with Gasteiger partial charge in [-0.1, -0.05) is 11.6 Å². The van der Waals surface area contributed by atoms with E-state index in [-0.39, 0.29) is 11.5 Å². The number of H-pyrrole nitrogens is 1. The summed E-state index contributed by atoms with van der Waals surface area (Å²) in [6, 6.07) is 3.10. The van der Waals surface area contributed by atoms with Crippen LogP contribution in [0.1, 0.15) is 11.4 Å². The van der Waals surface area contributed by atoms with E-state index >= 15 is 0 Å². The number of nitrogens with one attached hydrogen (secondary N) is 1. The predicted molar refractivity (Wildman–Crippen MR) is 56.5 cm³/mol. The van der Waals surface area contributed by atoms with Crippen molar-refractivity contribution in [3.05, 3.63) is 39.0 Å². The smallest absolute Gasteiger partial charge is 0.274 e. The van der Waals surface area contributed by atoms with E-state index in [0.717, 1.165) is 5.69 Å². The minimum Gasteiger partial charge on any atom is -0.293 e. The van der Waals surface area contributed by atoms with Crippen LogP contribution in [0.25, 0.3) is 5.95 Å². The lowest BCUT2D eigenvalue weighted by Gasteiger charge is -2.01. The predicted octanol–water partition coefficient (Wildman–Crippen LogP) is 1.23. The van der Waals surface area contributed by atoms with Crippen LogP contribution in [0.4, 0.5) is 0 Å². The van der Waals surface area contributed by atoms with E-state index in [1.54, 1.807) is 19.9 Å².